The van der Waals surface area contributed by atoms with Gasteiger partial charge in [-0.1, -0.05) is 29.8 Å². The zero-order valence-electron chi connectivity index (χ0n) is 17.2. The minimum absolute atomic E-state index is 0.216. The van der Waals surface area contributed by atoms with E-state index in [2.05, 4.69) is 0 Å². The Morgan fingerprint density at radius 3 is 2.19 bits per heavy atom. The molecular formula is C20H20ClF3N2O5S. The summed E-state index contributed by atoms with van der Waals surface area (Å²) in [5.41, 5.74) is 1.39. The molecule has 0 spiro atoms. The van der Waals surface area contributed by atoms with Crippen LogP contribution < -0.4 is 4.74 Å². The van der Waals surface area contributed by atoms with E-state index in [1.54, 1.807) is 49.6 Å². The maximum Gasteiger partial charge on any atom is 0.490 e. The molecule has 1 heterocycles. The molecule has 0 radical (unpaired) electrons. The van der Waals surface area contributed by atoms with Crippen LogP contribution >= 0.6 is 11.6 Å². The molecule has 0 aliphatic rings. The molecule has 0 atom stereocenters. The van der Waals surface area contributed by atoms with Gasteiger partial charge in [0.2, 0.25) is 0 Å². The van der Waals surface area contributed by atoms with Gasteiger partial charge < -0.3 is 14.7 Å². The molecule has 32 heavy (non-hydrogen) atoms. The smallest absolute Gasteiger partial charge is 0.490 e. The summed E-state index contributed by atoms with van der Waals surface area (Å²) in [6.45, 7) is 0.579. The third-order valence-corrected chi connectivity index (χ3v) is 6.17. The van der Waals surface area contributed by atoms with E-state index in [-0.39, 0.29) is 4.90 Å². The lowest BCUT2D eigenvalue weighted by atomic mass is 10.1. The summed E-state index contributed by atoms with van der Waals surface area (Å²) in [5, 5.41) is 8.19. The average Bonchev–Trinajstić information content (AvgIpc) is 3.06. The summed E-state index contributed by atoms with van der Waals surface area (Å²) in [4.78, 5) is 11.1. The highest BCUT2D eigenvalue weighted by molar-refractivity contribution is 7.90. The lowest BCUT2D eigenvalue weighted by Gasteiger charge is -2.15. The van der Waals surface area contributed by atoms with E-state index >= 15 is 0 Å². The van der Waals surface area contributed by atoms with Gasteiger partial charge in [0.15, 0.2) is 0 Å². The van der Waals surface area contributed by atoms with Gasteiger partial charge in [-0.05, 0) is 38.4 Å². The number of hydrogen-bond acceptors (Lipinski definition) is 5. The third-order valence-electron chi connectivity index (χ3n) is 4.19. The van der Waals surface area contributed by atoms with Crippen LogP contribution in [-0.4, -0.2) is 55.7 Å². The number of halogens is 4. The van der Waals surface area contributed by atoms with Crippen LogP contribution in [0.4, 0.5) is 13.2 Å². The topological polar surface area (TPSA) is 88.8 Å². The molecule has 174 valence electrons. The van der Waals surface area contributed by atoms with Gasteiger partial charge in [-0.2, -0.15) is 13.2 Å². The SMILES string of the molecule is COc1ccc2c(c(Cl)cn2S(=O)(=O)c2ccccc2)c1CN(C)C.O=C(O)C(F)(F)F. The molecule has 12 heteroatoms. The predicted octanol–water partition coefficient (Wildman–Crippen LogP) is 4.24. The minimum atomic E-state index is -5.08. The van der Waals surface area contributed by atoms with Gasteiger partial charge in [0, 0.05) is 23.7 Å². The Hall–Kier alpha value is -2.76. The van der Waals surface area contributed by atoms with Crippen molar-refractivity contribution in [2.24, 2.45) is 0 Å². The van der Waals surface area contributed by atoms with Crippen molar-refractivity contribution in [2.75, 3.05) is 21.2 Å². The Kier molecular flexibility index (Phi) is 7.81. The zero-order chi connectivity index (χ0) is 24.3. The number of nitrogens with zero attached hydrogens (tertiary/aromatic N) is 2. The molecule has 0 saturated heterocycles. The van der Waals surface area contributed by atoms with E-state index in [0.717, 1.165) is 5.56 Å². The minimum Gasteiger partial charge on any atom is -0.496 e. The van der Waals surface area contributed by atoms with Crippen LogP contribution in [0, 0.1) is 0 Å². The van der Waals surface area contributed by atoms with E-state index in [1.807, 2.05) is 19.0 Å². The number of carbonyl (C=O) groups is 1. The van der Waals surface area contributed by atoms with Gasteiger partial charge in [0.25, 0.3) is 10.0 Å². The van der Waals surface area contributed by atoms with Crippen molar-refractivity contribution in [3.05, 3.63) is 59.2 Å². The molecule has 1 N–H and O–H groups in total. The van der Waals surface area contributed by atoms with Gasteiger partial charge in [0.1, 0.15) is 5.75 Å². The second-order valence-corrected chi connectivity index (χ2v) is 8.99. The van der Waals surface area contributed by atoms with Gasteiger partial charge in [-0.25, -0.2) is 17.2 Å². The van der Waals surface area contributed by atoms with Crippen LogP contribution in [0.2, 0.25) is 5.02 Å². The van der Waals surface area contributed by atoms with Crippen molar-refractivity contribution in [1.29, 1.82) is 0 Å². The molecule has 0 bridgehead atoms. The molecule has 3 rings (SSSR count). The Balaban J connectivity index is 0.000000451. The lowest BCUT2D eigenvalue weighted by Crippen LogP contribution is -2.21. The van der Waals surface area contributed by atoms with E-state index in [1.165, 1.54) is 10.2 Å². The number of alkyl halides is 3. The van der Waals surface area contributed by atoms with Gasteiger partial charge in [-0.15, -0.1) is 0 Å². The maximum absolute atomic E-state index is 13.0. The van der Waals surface area contributed by atoms with Crippen LogP contribution in [0.15, 0.2) is 53.6 Å². The van der Waals surface area contributed by atoms with E-state index in [9.17, 15) is 21.6 Å². The molecule has 2 aromatic carbocycles. The Morgan fingerprint density at radius 2 is 1.72 bits per heavy atom. The van der Waals surface area contributed by atoms with Gasteiger partial charge >= 0.3 is 12.1 Å². The number of benzene rings is 2. The van der Waals surface area contributed by atoms with Crippen LogP contribution in [0.5, 0.6) is 5.75 Å². The first-order valence-electron chi connectivity index (χ1n) is 8.92. The highest BCUT2D eigenvalue weighted by Crippen LogP contribution is 2.36. The number of ether oxygens (including phenoxy) is 1. The normalized spacial score (nSPS) is 11.9. The summed E-state index contributed by atoms with van der Waals surface area (Å²) in [7, 11) is 1.73. The van der Waals surface area contributed by atoms with Crippen LogP contribution in [-0.2, 0) is 21.4 Å². The molecule has 0 unspecified atom stereocenters. The number of methoxy groups -OCH3 is 1. The fourth-order valence-corrected chi connectivity index (χ4v) is 4.62. The summed E-state index contributed by atoms with van der Waals surface area (Å²) in [5.74, 6) is -2.08. The van der Waals surface area contributed by atoms with Crippen LogP contribution in [0.25, 0.3) is 10.9 Å². The molecule has 7 nitrogen and oxygen atoms in total. The number of carboxylic acid groups (broad SMARTS) is 1. The lowest BCUT2D eigenvalue weighted by molar-refractivity contribution is -0.192. The number of fused-ring (bicyclic) bond motifs is 1. The Bertz CT molecular complexity index is 1210. The standard InChI is InChI=1S/C18H19ClN2O3S.C2HF3O2/c1-20(2)11-14-17(24-3)10-9-16-18(14)15(19)12-21(16)25(22,23)13-7-5-4-6-8-13;3-2(4,5)1(6)7/h4-10,12H,11H2,1-3H3;(H,6,7). The molecular weight excluding hydrogens is 473 g/mol. The summed E-state index contributed by atoms with van der Waals surface area (Å²) >= 11 is 6.43. The molecule has 0 fully saturated rings. The summed E-state index contributed by atoms with van der Waals surface area (Å²) in [6.07, 6.45) is -3.63. The first-order chi connectivity index (χ1) is 14.8. The van der Waals surface area contributed by atoms with E-state index in [4.69, 9.17) is 26.2 Å². The number of carboxylic acids is 1. The second-order valence-electron chi connectivity index (χ2n) is 6.77. The van der Waals surface area contributed by atoms with Crippen molar-refractivity contribution in [2.45, 2.75) is 17.6 Å². The molecule has 0 aliphatic carbocycles. The predicted molar refractivity (Wildman–Crippen MR) is 114 cm³/mol. The highest BCUT2D eigenvalue weighted by Gasteiger charge is 2.38. The molecule has 0 aliphatic heterocycles. The van der Waals surface area contributed by atoms with Crippen LogP contribution in [0.3, 0.4) is 0 Å². The summed E-state index contributed by atoms with van der Waals surface area (Å²) < 4.78 is 64.4. The number of rotatable bonds is 5. The molecule has 0 saturated carbocycles. The fraction of sp³-hybridized carbons (Fsp3) is 0.250. The first kappa shape index (κ1) is 25.5. The van der Waals surface area contributed by atoms with Crippen molar-refractivity contribution in [3.63, 3.8) is 0 Å². The van der Waals surface area contributed by atoms with Crippen LogP contribution in [0.1, 0.15) is 5.56 Å². The van der Waals surface area contributed by atoms with E-state index < -0.39 is 22.2 Å². The van der Waals surface area contributed by atoms with Crippen molar-refractivity contribution in [3.8, 4) is 5.75 Å². The number of aromatic nitrogens is 1. The second kappa shape index (κ2) is 9.80. The fourth-order valence-electron chi connectivity index (χ4n) is 2.87. The molecule has 3 aromatic rings. The van der Waals surface area contributed by atoms with E-state index in [0.29, 0.717) is 28.2 Å². The summed E-state index contributed by atoms with van der Waals surface area (Å²) in [6, 6.07) is 11.8. The third kappa shape index (κ3) is 5.53. The monoisotopic (exact) mass is 492 g/mol. The number of aliphatic carboxylic acids is 1. The average molecular weight is 493 g/mol. The zero-order valence-corrected chi connectivity index (χ0v) is 18.8. The van der Waals surface area contributed by atoms with Gasteiger partial charge in [0.05, 0.1) is 22.5 Å². The first-order valence-corrected chi connectivity index (χ1v) is 10.7. The quantitative estimate of drug-likeness (QED) is 0.573. The van der Waals surface area contributed by atoms with Crippen molar-refractivity contribution >= 4 is 38.5 Å². The molecule has 1 aromatic heterocycles. The highest BCUT2D eigenvalue weighted by atomic mass is 35.5. The maximum atomic E-state index is 13.0. The molecule has 0 amide bonds. The van der Waals surface area contributed by atoms with Crippen molar-refractivity contribution < 1.29 is 36.2 Å². The number of hydrogen-bond donors (Lipinski definition) is 1. The Labute approximate surface area is 187 Å². The van der Waals surface area contributed by atoms with Gasteiger partial charge in [-0.3, -0.25) is 0 Å². The Morgan fingerprint density at radius 1 is 1.16 bits per heavy atom. The largest absolute Gasteiger partial charge is 0.496 e. The van der Waals surface area contributed by atoms with Crippen molar-refractivity contribution in [1.82, 2.24) is 8.87 Å².